The molecule has 0 N–H and O–H groups in total. The van der Waals surface area contributed by atoms with E-state index in [4.69, 9.17) is 11.6 Å². The molecule has 0 saturated carbocycles. The van der Waals surface area contributed by atoms with Gasteiger partial charge < -0.3 is 0 Å². The summed E-state index contributed by atoms with van der Waals surface area (Å²) in [6.07, 6.45) is 0. The summed E-state index contributed by atoms with van der Waals surface area (Å²) in [5, 5.41) is 5.85. The van der Waals surface area contributed by atoms with Crippen LogP contribution in [0.1, 0.15) is 0 Å². The molecular weight excluding hydrogens is 348 g/mol. The van der Waals surface area contributed by atoms with Gasteiger partial charge in [-0.3, -0.25) is 0 Å². The molecule has 1 heteroatoms. The molecule has 0 nitrogen and oxygen atoms in total. The highest BCUT2D eigenvalue weighted by Gasteiger charge is 2.13. The normalized spacial score (nSPS) is 11.1. The summed E-state index contributed by atoms with van der Waals surface area (Å²) >= 11 is 6.14. The Hall–Kier alpha value is -3.09. The molecule has 0 fully saturated rings. The van der Waals surface area contributed by atoms with E-state index in [1.807, 2.05) is 12.1 Å². The third kappa shape index (κ3) is 2.79. The molecule has 5 aromatic rings. The van der Waals surface area contributed by atoms with Crippen LogP contribution in [0.15, 0.2) is 103 Å². The summed E-state index contributed by atoms with van der Waals surface area (Å²) in [6, 6.07) is 36.2. The Bertz CT molecular complexity index is 1250. The molecule has 0 aliphatic carbocycles. The molecule has 0 bridgehead atoms. The van der Waals surface area contributed by atoms with Crippen molar-refractivity contribution in [1.29, 1.82) is 0 Å². The second kappa shape index (κ2) is 6.57. The number of hydrogen-bond donors (Lipinski definition) is 0. The summed E-state index contributed by atoms with van der Waals surface area (Å²) in [6.45, 7) is 0. The highest BCUT2D eigenvalue weighted by molar-refractivity contribution is 6.30. The number of rotatable bonds is 2. The van der Waals surface area contributed by atoms with E-state index in [-0.39, 0.29) is 0 Å². The van der Waals surface area contributed by atoms with Crippen molar-refractivity contribution >= 4 is 33.1 Å². The molecule has 128 valence electrons. The first-order chi connectivity index (χ1) is 13.3. The molecule has 0 radical (unpaired) electrons. The minimum atomic E-state index is 0.757. The molecule has 0 saturated heterocycles. The zero-order chi connectivity index (χ0) is 18.2. The minimum absolute atomic E-state index is 0.757. The molecule has 0 aliphatic rings. The maximum atomic E-state index is 6.14. The summed E-state index contributed by atoms with van der Waals surface area (Å²) < 4.78 is 0. The van der Waals surface area contributed by atoms with Gasteiger partial charge in [0.25, 0.3) is 0 Å². The average Bonchev–Trinajstić information content (AvgIpc) is 2.74. The third-order valence-electron chi connectivity index (χ3n) is 5.12. The van der Waals surface area contributed by atoms with Gasteiger partial charge in [-0.2, -0.15) is 0 Å². The van der Waals surface area contributed by atoms with Gasteiger partial charge in [0.2, 0.25) is 0 Å². The fourth-order valence-electron chi connectivity index (χ4n) is 3.88. The van der Waals surface area contributed by atoms with Crippen LogP contribution in [0.2, 0.25) is 5.02 Å². The fraction of sp³-hybridized carbons (Fsp3) is 0. The van der Waals surface area contributed by atoms with Crippen molar-refractivity contribution < 1.29 is 0 Å². The van der Waals surface area contributed by atoms with Crippen LogP contribution < -0.4 is 0 Å². The van der Waals surface area contributed by atoms with Crippen LogP contribution in [0, 0.1) is 0 Å². The third-order valence-corrected chi connectivity index (χ3v) is 5.38. The maximum Gasteiger partial charge on any atom is 0.0406 e. The van der Waals surface area contributed by atoms with Gasteiger partial charge in [-0.05, 0) is 62.0 Å². The number of benzene rings is 5. The van der Waals surface area contributed by atoms with E-state index in [9.17, 15) is 0 Å². The average molecular weight is 365 g/mol. The van der Waals surface area contributed by atoms with Gasteiger partial charge in [0, 0.05) is 5.02 Å². The van der Waals surface area contributed by atoms with E-state index in [0.717, 1.165) is 5.02 Å². The lowest BCUT2D eigenvalue weighted by Crippen LogP contribution is -1.88. The number of fused-ring (bicyclic) bond motifs is 3. The van der Waals surface area contributed by atoms with Crippen LogP contribution in [0.4, 0.5) is 0 Å². The van der Waals surface area contributed by atoms with Gasteiger partial charge in [0.05, 0.1) is 0 Å². The molecule has 0 spiro atoms. The standard InChI is InChI=1S/C26H17Cl/c27-21-15-13-19(14-16-21)25-17-20-9-4-5-10-22(20)24-12-6-11-23(26(24)25)18-7-2-1-3-8-18/h1-17H. The van der Waals surface area contributed by atoms with Crippen LogP contribution in [-0.2, 0) is 0 Å². The molecule has 5 aromatic carbocycles. The Labute approximate surface area is 163 Å². The molecule has 0 aliphatic heterocycles. The van der Waals surface area contributed by atoms with Gasteiger partial charge in [-0.25, -0.2) is 0 Å². The smallest absolute Gasteiger partial charge is 0.0406 e. The van der Waals surface area contributed by atoms with Crippen molar-refractivity contribution in [3.63, 3.8) is 0 Å². The van der Waals surface area contributed by atoms with Gasteiger partial charge >= 0.3 is 0 Å². The molecule has 0 unspecified atom stereocenters. The van der Waals surface area contributed by atoms with Crippen LogP contribution in [0.3, 0.4) is 0 Å². The van der Waals surface area contributed by atoms with Crippen molar-refractivity contribution in [3.05, 3.63) is 108 Å². The van der Waals surface area contributed by atoms with Crippen molar-refractivity contribution in [2.45, 2.75) is 0 Å². The highest BCUT2D eigenvalue weighted by Crippen LogP contribution is 2.40. The summed E-state index contributed by atoms with van der Waals surface area (Å²) in [5.41, 5.74) is 4.90. The molecule has 0 heterocycles. The topological polar surface area (TPSA) is 0 Å². The van der Waals surface area contributed by atoms with E-state index in [0.29, 0.717) is 0 Å². The number of hydrogen-bond acceptors (Lipinski definition) is 0. The van der Waals surface area contributed by atoms with E-state index in [1.54, 1.807) is 0 Å². The Kier molecular flexibility index (Phi) is 3.92. The molecule has 0 aromatic heterocycles. The zero-order valence-electron chi connectivity index (χ0n) is 14.7. The number of halogens is 1. The fourth-order valence-corrected chi connectivity index (χ4v) is 4.00. The minimum Gasteiger partial charge on any atom is -0.0843 e. The second-order valence-corrected chi connectivity index (χ2v) is 7.18. The van der Waals surface area contributed by atoms with Crippen molar-refractivity contribution in [3.8, 4) is 22.3 Å². The molecule has 5 rings (SSSR count). The van der Waals surface area contributed by atoms with Crippen molar-refractivity contribution in [2.75, 3.05) is 0 Å². The monoisotopic (exact) mass is 364 g/mol. The first-order valence-electron chi connectivity index (χ1n) is 9.07. The lowest BCUT2D eigenvalue weighted by molar-refractivity contribution is 1.64. The molecular formula is C26H17Cl. The van der Waals surface area contributed by atoms with Crippen LogP contribution in [0.5, 0.6) is 0 Å². The summed E-state index contributed by atoms with van der Waals surface area (Å²) in [4.78, 5) is 0. The van der Waals surface area contributed by atoms with Gasteiger partial charge in [0.15, 0.2) is 0 Å². The maximum absolute atomic E-state index is 6.14. The van der Waals surface area contributed by atoms with E-state index in [1.165, 1.54) is 43.8 Å². The van der Waals surface area contributed by atoms with Crippen molar-refractivity contribution in [2.24, 2.45) is 0 Å². The molecule has 0 amide bonds. The summed E-state index contributed by atoms with van der Waals surface area (Å²) in [7, 11) is 0. The predicted octanol–water partition coefficient (Wildman–Crippen LogP) is 7.98. The lowest BCUT2D eigenvalue weighted by Gasteiger charge is -2.15. The summed E-state index contributed by atoms with van der Waals surface area (Å²) in [5.74, 6) is 0. The van der Waals surface area contributed by atoms with Crippen LogP contribution in [0.25, 0.3) is 43.8 Å². The zero-order valence-corrected chi connectivity index (χ0v) is 15.4. The Balaban J connectivity index is 1.95. The van der Waals surface area contributed by atoms with E-state index in [2.05, 4.69) is 91.0 Å². The van der Waals surface area contributed by atoms with Gasteiger partial charge in [-0.1, -0.05) is 96.5 Å². The quantitative estimate of drug-likeness (QED) is 0.278. The van der Waals surface area contributed by atoms with Crippen molar-refractivity contribution in [1.82, 2.24) is 0 Å². The molecule has 27 heavy (non-hydrogen) atoms. The van der Waals surface area contributed by atoms with Crippen LogP contribution >= 0.6 is 11.6 Å². The van der Waals surface area contributed by atoms with Gasteiger partial charge in [0.1, 0.15) is 0 Å². The Morgan fingerprint density at radius 2 is 1.15 bits per heavy atom. The molecule has 0 atom stereocenters. The predicted molar refractivity (Wildman–Crippen MR) is 117 cm³/mol. The largest absolute Gasteiger partial charge is 0.0843 e. The van der Waals surface area contributed by atoms with E-state index >= 15 is 0 Å². The lowest BCUT2D eigenvalue weighted by atomic mass is 9.88. The van der Waals surface area contributed by atoms with Gasteiger partial charge in [-0.15, -0.1) is 0 Å². The Morgan fingerprint density at radius 3 is 1.96 bits per heavy atom. The first kappa shape index (κ1) is 16.1. The van der Waals surface area contributed by atoms with Crippen LogP contribution in [-0.4, -0.2) is 0 Å². The van der Waals surface area contributed by atoms with E-state index < -0.39 is 0 Å². The second-order valence-electron chi connectivity index (χ2n) is 6.75. The Morgan fingerprint density at radius 1 is 0.481 bits per heavy atom. The highest BCUT2D eigenvalue weighted by atomic mass is 35.5. The SMILES string of the molecule is Clc1ccc(-c2cc3ccccc3c3cccc(-c4ccccc4)c23)cc1. The first-order valence-corrected chi connectivity index (χ1v) is 9.45.